The third-order valence-electron chi connectivity index (χ3n) is 4.20. The van der Waals surface area contributed by atoms with Gasteiger partial charge in [-0.15, -0.1) is 0 Å². The number of anilines is 1. The van der Waals surface area contributed by atoms with E-state index in [1.54, 1.807) is 23.9 Å². The minimum atomic E-state index is -4.70. The molecule has 0 heterocycles. The number of nitrogens with zero attached hydrogens (tertiary/aromatic N) is 1. The number of carbonyl (C=O) groups is 1. The van der Waals surface area contributed by atoms with Crippen molar-refractivity contribution < 1.29 is 30.8 Å². The Hall–Kier alpha value is -1.98. The number of nitrogens with one attached hydrogen (secondary N) is 1. The Morgan fingerprint density at radius 3 is 2.41 bits per heavy atom. The van der Waals surface area contributed by atoms with Gasteiger partial charge in [0.1, 0.15) is 12.4 Å². The molecular weight excluding hydrogens is 492 g/mol. The Labute approximate surface area is 193 Å². The zero-order valence-electron chi connectivity index (χ0n) is 17.0. The third-order valence-corrected chi connectivity index (χ3v) is 6.76. The van der Waals surface area contributed by atoms with Crippen molar-refractivity contribution in [2.75, 3.05) is 29.4 Å². The van der Waals surface area contributed by atoms with E-state index in [1.807, 2.05) is 0 Å². The maximum absolute atomic E-state index is 13.0. The van der Waals surface area contributed by atoms with Gasteiger partial charge in [-0.1, -0.05) is 23.7 Å². The molecule has 2 rings (SSSR count). The molecular formula is C20H21ClF4N2O3S2. The quantitative estimate of drug-likeness (QED) is 0.370. The van der Waals surface area contributed by atoms with Crippen LogP contribution in [-0.4, -0.2) is 39.4 Å². The van der Waals surface area contributed by atoms with Crippen molar-refractivity contribution in [1.82, 2.24) is 5.32 Å². The predicted octanol–water partition coefficient (Wildman–Crippen LogP) is 4.70. The van der Waals surface area contributed by atoms with Crippen LogP contribution in [0.15, 0.2) is 42.5 Å². The molecule has 0 unspecified atom stereocenters. The highest BCUT2D eigenvalue weighted by atomic mass is 35.5. The molecule has 2 aromatic carbocycles. The number of halogens is 5. The summed E-state index contributed by atoms with van der Waals surface area (Å²) >= 11 is 7.50. The monoisotopic (exact) mass is 512 g/mol. The number of sulfonamides is 1. The van der Waals surface area contributed by atoms with E-state index in [4.69, 9.17) is 11.6 Å². The van der Waals surface area contributed by atoms with E-state index < -0.39 is 39.9 Å². The van der Waals surface area contributed by atoms with Crippen LogP contribution in [0, 0.1) is 5.82 Å². The maximum Gasteiger partial charge on any atom is 0.416 e. The van der Waals surface area contributed by atoms with Gasteiger partial charge >= 0.3 is 6.18 Å². The average molecular weight is 513 g/mol. The number of thioether (sulfide) groups is 1. The molecule has 0 fully saturated rings. The van der Waals surface area contributed by atoms with Crippen molar-refractivity contribution in [2.45, 2.75) is 18.3 Å². The first-order valence-corrected chi connectivity index (χ1v) is 12.7. The van der Waals surface area contributed by atoms with Crippen molar-refractivity contribution >= 4 is 45.0 Å². The zero-order valence-corrected chi connectivity index (χ0v) is 19.3. The predicted molar refractivity (Wildman–Crippen MR) is 119 cm³/mol. The number of amides is 1. The standard InChI is InChI=1S/C20H21ClF4N2O3S2/c1-32(29,30)27(18-11-15(20(23,24)25)5-8-17(18)21)12-19(28)26-9-2-10-31-13-14-3-6-16(22)7-4-14/h3-8,11H,2,9-10,12-13H2,1H3,(H,26,28). The molecule has 0 aliphatic heterocycles. The van der Waals surface area contributed by atoms with Crippen LogP contribution in [0.25, 0.3) is 0 Å². The maximum atomic E-state index is 13.0. The van der Waals surface area contributed by atoms with Crippen molar-refractivity contribution in [1.29, 1.82) is 0 Å². The van der Waals surface area contributed by atoms with Crippen molar-refractivity contribution in [2.24, 2.45) is 0 Å². The van der Waals surface area contributed by atoms with Crippen molar-refractivity contribution in [3.63, 3.8) is 0 Å². The number of alkyl halides is 3. The largest absolute Gasteiger partial charge is 0.416 e. The summed E-state index contributed by atoms with van der Waals surface area (Å²) in [7, 11) is -4.08. The molecule has 1 N–H and O–H groups in total. The fourth-order valence-corrected chi connectivity index (χ4v) is 4.67. The first-order valence-electron chi connectivity index (χ1n) is 9.31. The molecule has 176 valence electrons. The fraction of sp³-hybridized carbons (Fsp3) is 0.350. The Morgan fingerprint density at radius 2 is 1.81 bits per heavy atom. The molecule has 0 saturated heterocycles. The number of rotatable bonds is 10. The normalized spacial score (nSPS) is 11.9. The first-order chi connectivity index (χ1) is 14.9. The summed E-state index contributed by atoms with van der Waals surface area (Å²) in [4.78, 5) is 12.2. The minimum Gasteiger partial charge on any atom is -0.354 e. The summed E-state index contributed by atoms with van der Waals surface area (Å²) in [5.41, 5.74) is -0.541. The summed E-state index contributed by atoms with van der Waals surface area (Å²) in [6.07, 6.45) is -3.33. The van der Waals surface area contributed by atoms with Crippen LogP contribution in [0.4, 0.5) is 23.2 Å². The molecule has 5 nitrogen and oxygen atoms in total. The van der Waals surface area contributed by atoms with E-state index >= 15 is 0 Å². The molecule has 0 saturated carbocycles. The Balaban J connectivity index is 1.90. The van der Waals surface area contributed by atoms with Gasteiger partial charge in [-0.2, -0.15) is 24.9 Å². The van der Waals surface area contributed by atoms with Crippen LogP contribution in [-0.2, 0) is 26.7 Å². The van der Waals surface area contributed by atoms with Crippen molar-refractivity contribution in [3.8, 4) is 0 Å². The lowest BCUT2D eigenvalue weighted by atomic mass is 10.2. The lowest BCUT2D eigenvalue weighted by Crippen LogP contribution is -2.41. The highest BCUT2D eigenvalue weighted by Gasteiger charge is 2.33. The number of hydrogen-bond acceptors (Lipinski definition) is 4. The molecule has 12 heteroatoms. The Bertz CT molecular complexity index is 1030. The van der Waals surface area contributed by atoms with Gasteiger partial charge in [0.2, 0.25) is 15.9 Å². The highest BCUT2D eigenvalue weighted by Crippen LogP contribution is 2.36. The molecule has 1 amide bonds. The van der Waals surface area contributed by atoms with Crippen LogP contribution >= 0.6 is 23.4 Å². The number of carbonyl (C=O) groups excluding carboxylic acids is 1. The van der Waals surface area contributed by atoms with Gasteiger partial charge in [0.15, 0.2) is 0 Å². The summed E-state index contributed by atoms with van der Waals surface area (Å²) in [6, 6.07) is 8.39. The van der Waals surface area contributed by atoms with E-state index in [1.165, 1.54) is 12.1 Å². The van der Waals surface area contributed by atoms with Gasteiger partial charge in [-0.25, -0.2) is 12.8 Å². The molecule has 0 aromatic heterocycles. The Kier molecular flexibility index (Phi) is 9.23. The highest BCUT2D eigenvalue weighted by molar-refractivity contribution is 7.98. The molecule has 0 spiro atoms. The second-order valence-electron chi connectivity index (χ2n) is 6.82. The second kappa shape index (κ2) is 11.2. The first kappa shape index (κ1) is 26.3. The van der Waals surface area contributed by atoms with Gasteiger partial charge in [0, 0.05) is 12.3 Å². The van der Waals surface area contributed by atoms with E-state index in [0.717, 1.165) is 24.0 Å². The summed E-state index contributed by atoms with van der Waals surface area (Å²) in [5, 5.41) is 2.32. The lowest BCUT2D eigenvalue weighted by Gasteiger charge is -2.24. The lowest BCUT2D eigenvalue weighted by molar-refractivity contribution is -0.137. The molecule has 0 aliphatic rings. The molecule has 32 heavy (non-hydrogen) atoms. The van der Waals surface area contributed by atoms with E-state index in [-0.39, 0.29) is 17.4 Å². The van der Waals surface area contributed by atoms with Crippen LogP contribution in [0.2, 0.25) is 5.02 Å². The molecule has 2 aromatic rings. The number of benzene rings is 2. The molecule has 0 radical (unpaired) electrons. The van der Waals surface area contributed by atoms with Gasteiger partial charge in [0.05, 0.1) is 22.5 Å². The zero-order chi connectivity index (χ0) is 23.9. The summed E-state index contributed by atoms with van der Waals surface area (Å²) in [5.74, 6) is 0.375. The van der Waals surface area contributed by atoms with Crippen molar-refractivity contribution in [3.05, 3.63) is 64.4 Å². The summed E-state index contributed by atoms with van der Waals surface area (Å²) < 4.78 is 76.7. The van der Waals surface area contributed by atoms with E-state index in [0.29, 0.717) is 28.3 Å². The van der Waals surface area contributed by atoms with Gasteiger partial charge in [-0.3, -0.25) is 9.10 Å². The smallest absolute Gasteiger partial charge is 0.354 e. The second-order valence-corrected chi connectivity index (χ2v) is 10.2. The third kappa shape index (κ3) is 8.18. The van der Waals surface area contributed by atoms with Gasteiger partial charge < -0.3 is 5.32 Å². The average Bonchev–Trinajstić information content (AvgIpc) is 2.69. The SMILES string of the molecule is CS(=O)(=O)N(CC(=O)NCCCSCc1ccc(F)cc1)c1cc(C(F)(F)F)ccc1Cl. The minimum absolute atomic E-state index is 0.228. The van der Waals surface area contributed by atoms with E-state index in [2.05, 4.69) is 5.32 Å². The van der Waals surface area contributed by atoms with E-state index in [9.17, 15) is 30.8 Å². The van der Waals surface area contributed by atoms with Crippen LogP contribution in [0.1, 0.15) is 17.5 Å². The topological polar surface area (TPSA) is 66.5 Å². The Morgan fingerprint density at radius 1 is 1.16 bits per heavy atom. The van der Waals surface area contributed by atoms with Gasteiger partial charge in [-0.05, 0) is 48.1 Å². The van der Waals surface area contributed by atoms with Gasteiger partial charge in [0.25, 0.3) is 0 Å². The molecule has 0 bridgehead atoms. The van der Waals surface area contributed by atoms with Crippen LogP contribution < -0.4 is 9.62 Å². The van der Waals surface area contributed by atoms with Crippen LogP contribution in [0.5, 0.6) is 0 Å². The number of hydrogen-bond donors (Lipinski definition) is 1. The van der Waals surface area contributed by atoms with Crippen LogP contribution in [0.3, 0.4) is 0 Å². The molecule has 0 aliphatic carbocycles. The summed E-state index contributed by atoms with van der Waals surface area (Å²) in [6.45, 7) is -0.453. The fourth-order valence-electron chi connectivity index (χ4n) is 2.62. The molecule has 0 atom stereocenters.